The van der Waals surface area contributed by atoms with Gasteiger partial charge in [0, 0.05) is 31.7 Å². The van der Waals surface area contributed by atoms with Gasteiger partial charge in [0.25, 0.3) is 5.91 Å². The average molecular weight is 353 g/mol. The molecule has 4 aliphatic heterocycles. The van der Waals surface area contributed by atoms with Crippen LogP contribution in [0.4, 0.5) is 4.39 Å². The minimum absolute atomic E-state index is 0.130. The summed E-state index contributed by atoms with van der Waals surface area (Å²) in [6.45, 7) is 2.96. The van der Waals surface area contributed by atoms with E-state index in [4.69, 9.17) is 0 Å². The van der Waals surface area contributed by atoms with E-state index >= 15 is 0 Å². The van der Waals surface area contributed by atoms with Crippen LogP contribution in [0.15, 0.2) is 42.6 Å². The Bertz CT molecular complexity index is 822. The fourth-order valence-electron chi connectivity index (χ4n) is 5.49. The zero-order valence-corrected chi connectivity index (χ0v) is 15.0. The molecule has 26 heavy (non-hydrogen) atoms. The average Bonchev–Trinajstić information content (AvgIpc) is 3.28. The highest BCUT2D eigenvalue weighted by Gasteiger charge is 2.54. The number of fused-ring (bicyclic) bond motifs is 2. The van der Waals surface area contributed by atoms with Crippen LogP contribution in [0.2, 0.25) is 0 Å². The van der Waals surface area contributed by atoms with Crippen LogP contribution in [-0.2, 0) is 7.05 Å². The Morgan fingerprint density at radius 1 is 1.08 bits per heavy atom. The van der Waals surface area contributed by atoms with Gasteiger partial charge in [-0.3, -0.25) is 9.69 Å². The Kier molecular flexibility index (Phi) is 3.67. The lowest BCUT2D eigenvalue weighted by Gasteiger charge is -2.51. The molecule has 5 heteroatoms. The van der Waals surface area contributed by atoms with Crippen molar-refractivity contribution < 1.29 is 9.18 Å². The van der Waals surface area contributed by atoms with Crippen molar-refractivity contribution >= 4 is 5.91 Å². The lowest BCUT2D eigenvalue weighted by atomic mass is 9.75. The second kappa shape index (κ2) is 5.95. The van der Waals surface area contributed by atoms with Crippen LogP contribution in [-0.4, -0.2) is 52.0 Å². The van der Waals surface area contributed by atoms with Gasteiger partial charge >= 0.3 is 0 Å². The van der Waals surface area contributed by atoms with E-state index in [-0.39, 0.29) is 23.7 Å². The molecule has 4 aliphatic rings. The zero-order chi connectivity index (χ0) is 17.8. The number of likely N-dealkylation sites (tertiary alicyclic amines) is 1. The highest BCUT2D eigenvalue weighted by atomic mass is 19.1. The second-order valence-corrected chi connectivity index (χ2v) is 7.97. The molecule has 3 atom stereocenters. The summed E-state index contributed by atoms with van der Waals surface area (Å²) in [6.07, 6.45) is 4.28. The number of hydrogen-bond acceptors (Lipinski definition) is 2. The van der Waals surface area contributed by atoms with Crippen LogP contribution in [0.3, 0.4) is 0 Å². The van der Waals surface area contributed by atoms with Crippen LogP contribution >= 0.6 is 0 Å². The lowest BCUT2D eigenvalue weighted by molar-refractivity contribution is -0.00368. The number of benzene rings is 1. The number of carbonyl (C=O) groups is 1. The number of aryl methyl sites for hydroxylation is 1. The monoisotopic (exact) mass is 353 g/mol. The third-order valence-electron chi connectivity index (χ3n) is 6.72. The maximum Gasteiger partial charge on any atom is 0.270 e. The highest BCUT2D eigenvalue weighted by molar-refractivity contribution is 5.93. The van der Waals surface area contributed by atoms with Gasteiger partial charge in [0.05, 0.1) is 6.04 Å². The van der Waals surface area contributed by atoms with E-state index in [2.05, 4.69) is 9.80 Å². The lowest BCUT2D eigenvalue weighted by Crippen LogP contribution is -2.60. The van der Waals surface area contributed by atoms with Gasteiger partial charge < -0.3 is 9.47 Å². The number of nitrogens with zero attached hydrogens (tertiary/aromatic N) is 3. The molecule has 0 spiro atoms. The first-order chi connectivity index (χ1) is 12.6. The fourth-order valence-corrected chi connectivity index (χ4v) is 5.49. The Balaban J connectivity index is 1.53. The molecule has 4 fully saturated rings. The molecule has 1 aromatic carbocycles. The van der Waals surface area contributed by atoms with Crippen molar-refractivity contribution in [3.05, 3.63) is 59.7 Å². The van der Waals surface area contributed by atoms with Gasteiger partial charge in [0.15, 0.2) is 0 Å². The molecular formula is C21H24FN3O. The number of amides is 1. The predicted molar refractivity (Wildman–Crippen MR) is 97.5 cm³/mol. The molecule has 1 amide bonds. The van der Waals surface area contributed by atoms with Gasteiger partial charge in [0.1, 0.15) is 11.5 Å². The summed E-state index contributed by atoms with van der Waals surface area (Å²) in [7, 11) is 1.93. The Morgan fingerprint density at radius 2 is 1.81 bits per heavy atom. The largest absolute Gasteiger partial charge is 0.347 e. The first-order valence-corrected chi connectivity index (χ1v) is 9.55. The first kappa shape index (κ1) is 16.1. The summed E-state index contributed by atoms with van der Waals surface area (Å²) in [5.74, 6) is 0.768. The van der Waals surface area contributed by atoms with Crippen LogP contribution in [0.1, 0.15) is 34.8 Å². The summed E-state index contributed by atoms with van der Waals surface area (Å²) < 4.78 is 15.3. The maximum atomic E-state index is 13.4. The molecule has 2 aromatic rings. The Hall–Kier alpha value is -2.14. The van der Waals surface area contributed by atoms with E-state index in [0.717, 1.165) is 30.9 Å². The summed E-state index contributed by atoms with van der Waals surface area (Å²) in [6, 6.07) is 11.4. The SMILES string of the molecule is Cn1cccc1C(=O)N1C[C@H](c2ccc(F)cc2)[C@H]2[C@@H]1C1CCN2CC1. The van der Waals surface area contributed by atoms with Crippen molar-refractivity contribution in [3.8, 4) is 0 Å². The maximum absolute atomic E-state index is 13.4. The topological polar surface area (TPSA) is 28.5 Å². The smallest absolute Gasteiger partial charge is 0.270 e. The molecule has 0 aliphatic carbocycles. The fraction of sp³-hybridized carbons (Fsp3) is 0.476. The van der Waals surface area contributed by atoms with E-state index in [1.54, 1.807) is 12.1 Å². The Labute approximate surface area is 153 Å². The molecule has 4 nitrogen and oxygen atoms in total. The van der Waals surface area contributed by atoms with Crippen molar-refractivity contribution in [2.24, 2.45) is 13.0 Å². The van der Waals surface area contributed by atoms with Crippen LogP contribution in [0.5, 0.6) is 0 Å². The van der Waals surface area contributed by atoms with Gasteiger partial charge in [-0.1, -0.05) is 12.1 Å². The number of aromatic nitrogens is 1. The standard InChI is InChI=1S/C21H24FN3O/c1-23-10-2-3-18(23)21(26)25-13-17(14-4-6-16(22)7-5-14)20-19(25)15-8-11-24(20)12-9-15/h2-7,10,15,17,19-20H,8-9,11-13H2,1H3/t17-,19+,20+/m1/s1. The first-order valence-electron chi connectivity index (χ1n) is 9.55. The van der Waals surface area contributed by atoms with E-state index in [0.29, 0.717) is 12.0 Å². The quantitative estimate of drug-likeness (QED) is 0.831. The molecule has 2 bridgehead atoms. The van der Waals surface area contributed by atoms with E-state index in [1.807, 2.05) is 42.1 Å². The molecule has 136 valence electrons. The number of halogens is 1. The number of carbonyl (C=O) groups excluding carboxylic acids is 1. The summed E-state index contributed by atoms with van der Waals surface area (Å²) in [4.78, 5) is 18.0. The summed E-state index contributed by atoms with van der Waals surface area (Å²) >= 11 is 0. The molecule has 1 aromatic heterocycles. The zero-order valence-electron chi connectivity index (χ0n) is 15.0. The number of piperidine rings is 3. The molecule has 0 unspecified atom stereocenters. The van der Waals surface area contributed by atoms with Gasteiger partial charge in [-0.15, -0.1) is 0 Å². The van der Waals surface area contributed by atoms with E-state index < -0.39 is 0 Å². The highest BCUT2D eigenvalue weighted by Crippen LogP contribution is 2.46. The summed E-state index contributed by atoms with van der Waals surface area (Å²) in [5, 5.41) is 0. The third-order valence-corrected chi connectivity index (χ3v) is 6.72. The van der Waals surface area contributed by atoms with Crippen LogP contribution in [0.25, 0.3) is 0 Å². The van der Waals surface area contributed by atoms with Crippen molar-refractivity contribution in [2.45, 2.75) is 30.8 Å². The van der Waals surface area contributed by atoms with Crippen molar-refractivity contribution in [1.82, 2.24) is 14.4 Å². The van der Waals surface area contributed by atoms with E-state index in [9.17, 15) is 9.18 Å². The number of hydrogen-bond donors (Lipinski definition) is 0. The normalized spacial score (nSPS) is 32.7. The molecule has 0 saturated carbocycles. The minimum Gasteiger partial charge on any atom is -0.347 e. The van der Waals surface area contributed by atoms with Gasteiger partial charge in [-0.25, -0.2) is 4.39 Å². The molecule has 5 heterocycles. The van der Waals surface area contributed by atoms with Crippen LogP contribution < -0.4 is 0 Å². The Morgan fingerprint density at radius 3 is 2.46 bits per heavy atom. The van der Waals surface area contributed by atoms with Crippen molar-refractivity contribution in [2.75, 3.05) is 19.6 Å². The van der Waals surface area contributed by atoms with Gasteiger partial charge in [-0.2, -0.15) is 0 Å². The molecule has 4 saturated heterocycles. The number of rotatable bonds is 2. The van der Waals surface area contributed by atoms with Crippen molar-refractivity contribution in [1.29, 1.82) is 0 Å². The minimum atomic E-state index is -0.203. The van der Waals surface area contributed by atoms with Gasteiger partial charge in [0.2, 0.25) is 0 Å². The predicted octanol–water partition coefficient (Wildman–Crippen LogP) is 2.87. The second-order valence-electron chi connectivity index (χ2n) is 7.97. The van der Waals surface area contributed by atoms with Gasteiger partial charge in [-0.05, 0) is 61.7 Å². The van der Waals surface area contributed by atoms with Crippen LogP contribution in [0, 0.1) is 11.7 Å². The molecule has 0 radical (unpaired) electrons. The molecule has 0 N–H and O–H groups in total. The molecular weight excluding hydrogens is 329 g/mol. The van der Waals surface area contributed by atoms with E-state index in [1.165, 1.54) is 12.8 Å². The third kappa shape index (κ3) is 2.33. The van der Waals surface area contributed by atoms with Crippen molar-refractivity contribution in [3.63, 3.8) is 0 Å². The summed E-state index contributed by atoms with van der Waals surface area (Å²) in [5.41, 5.74) is 1.90. The molecule has 6 rings (SSSR count).